The van der Waals surface area contributed by atoms with Gasteiger partial charge in [0.05, 0.1) is 0 Å². The van der Waals surface area contributed by atoms with Crippen LogP contribution in [0.4, 0.5) is 0 Å². The Balaban J connectivity index is -0.0000000267. The first kappa shape index (κ1) is 22.8. The van der Waals surface area contributed by atoms with Crippen LogP contribution in [0.2, 0.25) is 0 Å². The van der Waals surface area contributed by atoms with Crippen LogP contribution in [0.25, 0.3) is 0 Å². The summed E-state index contributed by atoms with van der Waals surface area (Å²) in [5, 5.41) is 0. The van der Waals surface area contributed by atoms with Crippen LogP contribution in [-0.2, 0) is 23.1 Å². The van der Waals surface area contributed by atoms with Crippen LogP contribution in [-0.4, -0.2) is 23.1 Å². The van der Waals surface area contributed by atoms with Crippen LogP contribution in [0.15, 0.2) is 0 Å². The summed E-state index contributed by atoms with van der Waals surface area (Å²) in [5.41, 5.74) is 0. The monoisotopic (exact) mass is 189 g/mol. The van der Waals surface area contributed by atoms with Crippen molar-refractivity contribution in [3.63, 3.8) is 0 Å². The fourth-order valence-corrected chi connectivity index (χ4v) is 0. The quantitative estimate of drug-likeness (QED) is 0.280. The van der Waals surface area contributed by atoms with E-state index in [2.05, 4.69) is 0 Å². The maximum atomic E-state index is 8.55. The van der Waals surface area contributed by atoms with Gasteiger partial charge in [-0.1, -0.05) is 0 Å². The molecule has 0 saturated carbocycles. The minimum Gasteiger partial charge on any atom is -1.00 e. The molecule has 0 rings (SSSR count). The third-order valence-electron chi connectivity index (χ3n) is 0. The Kier molecular flexibility index (Phi) is 23.9. The molecule has 8 heteroatoms. The molecule has 0 aromatic heterocycles. The molecule has 0 aliphatic carbocycles. The predicted octanol–water partition coefficient (Wildman–Crippen LogP) is -6.20. The average Bonchev–Trinajstić information content (AvgIpc) is 0.722. The summed E-state index contributed by atoms with van der Waals surface area (Å²) in [4.78, 5) is 25.6. The fraction of sp³-hybridized carbons (Fsp3) is 0. The van der Waals surface area contributed by atoms with Gasteiger partial charge in [-0.05, 0) is 0 Å². The topological polar surface area (TPSA) is 86.2 Å². The predicted molar refractivity (Wildman–Crippen MR) is 13.4 cm³/mol. The Bertz CT molecular complexity index is 62.2. The van der Waals surface area contributed by atoms with E-state index >= 15 is 0 Å². The van der Waals surface area contributed by atoms with Gasteiger partial charge in [0.1, 0.15) is 0 Å². The molecule has 0 N–H and O–H groups in total. The molecule has 0 radical (unpaired) electrons. The largest absolute Gasteiger partial charge is 5.00 e. The second-order valence-electron chi connectivity index (χ2n) is 0.447. The van der Waals surface area contributed by atoms with Gasteiger partial charge in [0.2, 0.25) is 0 Å². The number of rotatable bonds is 0. The van der Waals surface area contributed by atoms with Crippen LogP contribution < -0.4 is 19.4 Å². The van der Waals surface area contributed by atoms with Crippen LogP contribution in [0.5, 0.6) is 0 Å². The molecule has 0 bridgehead atoms. The summed E-state index contributed by atoms with van der Waals surface area (Å²) in [7, 11) is -5.39. The Morgan fingerprint density at radius 2 is 1.12 bits per heavy atom. The average molecular weight is 189 g/mol. The van der Waals surface area contributed by atoms with Gasteiger partial charge in [-0.25, -0.2) is 0 Å². The SMILES string of the molecule is O=P([O-])([O-])[O-].[F-].[Mg+2].[V+5]. The van der Waals surface area contributed by atoms with Gasteiger partial charge < -0.3 is 23.9 Å². The zero-order valence-electron chi connectivity index (χ0n) is 3.61. The summed E-state index contributed by atoms with van der Waals surface area (Å²) in [6.07, 6.45) is 0. The van der Waals surface area contributed by atoms with E-state index in [9.17, 15) is 0 Å². The second kappa shape index (κ2) is 8.39. The van der Waals surface area contributed by atoms with Crippen molar-refractivity contribution < 1.29 is 42.5 Å². The molecular formula is FMgO4PV+3. The minimum absolute atomic E-state index is 0. The van der Waals surface area contributed by atoms with Crippen molar-refractivity contribution in [3.05, 3.63) is 0 Å². The first-order chi connectivity index (χ1) is 2.00. The molecule has 0 saturated heterocycles. The molecule has 0 aliphatic heterocycles. The Morgan fingerprint density at radius 1 is 1.12 bits per heavy atom. The smallest absolute Gasteiger partial charge is 1.00 e. The van der Waals surface area contributed by atoms with E-state index in [4.69, 9.17) is 19.2 Å². The molecule has 40 valence electrons. The molecule has 0 aromatic rings. The molecule has 0 atom stereocenters. The zero-order valence-corrected chi connectivity index (χ0v) is 7.32. The van der Waals surface area contributed by atoms with Crippen LogP contribution >= 0.6 is 7.82 Å². The van der Waals surface area contributed by atoms with Crippen LogP contribution in [0, 0.1) is 0 Å². The molecule has 0 fully saturated rings. The van der Waals surface area contributed by atoms with Crippen LogP contribution in [0.1, 0.15) is 0 Å². The molecule has 0 unspecified atom stereocenters. The van der Waals surface area contributed by atoms with Crippen molar-refractivity contribution in [2.75, 3.05) is 0 Å². The molecular weight excluding hydrogens is 189 g/mol. The van der Waals surface area contributed by atoms with E-state index in [0.717, 1.165) is 0 Å². The zero-order chi connectivity index (χ0) is 4.50. The van der Waals surface area contributed by atoms with Gasteiger partial charge >= 0.3 is 41.6 Å². The number of halogens is 1. The van der Waals surface area contributed by atoms with E-state index in [1.54, 1.807) is 0 Å². The molecule has 0 aromatic carbocycles. The van der Waals surface area contributed by atoms with Gasteiger partial charge in [0, 0.05) is 0 Å². The Morgan fingerprint density at radius 3 is 1.12 bits per heavy atom. The first-order valence-electron chi connectivity index (χ1n) is 0.730. The number of hydrogen-bond acceptors (Lipinski definition) is 4. The van der Waals surface area contributed by atoms with Gasteiger partial charge in [0.25, 0.3) is 0 Å². The van der Waals surface area contributed by atoms with E-state index in [1.807, 2.05) is 0 Å². The van der Waals surface area contributed by atoms with Gasteiger partial charge in [-0.15, -0.1) is 0 Å². The first-order valence-corrected chi connectivity index (χ1v) is 2.19. The van der Waals surface area contributed by atoms with Crippen molar-refractivity contribution in [2.45, 2.75) is 0 Å². The summed E-state index contributed by atoms with van der Waals surface area (Å²) in [6.45, 7) is 0. The normalized spacial score (nSPS) is 7.38. The van der Waals surface area contributed by atoms with Crippen molar-refractivity contribution in [1.29, 1.82) is 0 Å². The maximum absolute atomic E-state index is 8.55. The third-order valence-corrected chi connectivity index (χ3v) is 0. The standard InChI is InChI=1S/FH.Mg.H3O4P.V/c;;1-5(2,3)4;/h1H;;(H3,1,2,3,4);/q;+2;;+5/p-4. The van der Waals surface area contributed by atoms with E-state index in [-0.39, 0.29) is 46.3 Å². The molecule has 0 aliphatic rings. The summed E-state index contributed by atoms with van der Waals surface area (Å²) in [6, 6.07) is 0. The minimum atomic E-state index is -5.39. The van der Waals surface area contributed by atoms with E-state index < -0.39 is 7.82 Å². The second-order valence-corrected chi connectivity index (χ2v) is 1.34. The van der Waals surface area contributed by atoms with Gasteiger partial charge in [-0.3, -0.25) is 0 Å². The molecule has 8 heavy (non-hydrogen) atoms. The third kappa shape index (κ3) is 156. The van der Waals surface area contributed by atoms with Crippen molar-refractivity contribution in [2.24, 2.45) is 0 Å². The maximum Gasteiger partial charge on any atom is 5.00 e. The van der Waals surface area contributed by atoms with Crippen LogP contribution in [0.3, 0.4) is 0 Å². The summed E-state index contributed by atoms with van der Waals surface area (Å²) >= 11 is 0. The number of phosphoric acid groups is 1. The summed E-state index contributed by atoms with van der Waals surface area (Å²) < 4.78 is 8.55. The van der Waals surface area contributed by atoms with E-state index in [1.165, 1.54) is 0 Å². The number of hydrogen-bond donors (Lipinski definition) is 0. The van der Waals surface area contributed by atoms with Crippen molar-refractivity contribution in [1.82, 2.24) is 0 Å². The van der Waals surface area contributed by atoms with Crippen molar-refractivity contribution in [3.8, 4) is 0 Å². The van der Waals surface area contributed by atoms with Gasteiger partial charge in [0.15, 0.2) is 0 Å². The molecule has 0 amide bonds. The fourth-order valence-electron chi connectivity index (χ4n) is 0. The van der Waals surface area contributed by atoms with Crippen molar-refractivity contribution >= 4 is 30.9 Å². The summed E-state index contributed by atoms with van der Waals surface area (Å²) in [5.74, 6) is 0. The van der Waals surface area contributed by atoms with E-state index in [0.29, 0.717) is 0 Å². The Hall–Kier alpha value is 1.39. The molecule has 4 nitrogen and oxygen atoms in total. The molecule has 0 spiro atoms. The molecule has 0 heterocycles. The Labute approximate surface area is 73.3 Å². The van der Waals surface area contributed by atoms with Gasteiger partial charge in [-0.2, -0.15) is 7.82 Å².